The topological polar surface area (TPSA) is 88.8 Å². The zero-order chi connectivity index (χ0) is 30.0. The van der Waals surface area contributed by atoms with E-state index in [1.807, 2.05) is 81.0 Å². The third-order valence-electron chi connectivity index (χ3n) is 7.37. The molecule has 3 aromatic rings. The number of anilines is 2. The van der Waals surface area contributed by atoms with Crippen LogP contribution in [0.5, 0.6) is 5.75 Å². The van der Waals surface area contributed by atoms with Crippen LogP contribution in [0.3, 0.4) is 0 Å². The number of carboxylic acid groups (broad SMARTS) is 1. The van der Waals surface area contributed by atoms with E-state index in [4.69, 9.17) is 27.9 Å². The molecule has 214 valence electrons. The van der Waals surface area contributed by atoms with Crippen molar-refractivity contribution >= 4 is 40.5 Å². The van der Waals surface area contributed by atoms with Crippen LogP contribution in [0, 0.1) is 31.1 Å². The standard InChI is InChI=1S/C32H34Cl2N4O3/c1-7-37-31(32(39)40)28(30(18(2)3)38(37)26-15-21(17-35)9-13-27(26)41-6)29(24-12-11-22(33)14-20(24)5)36-25-16-23(34)10-8-19(25)4/h8-16,18,29,31,36H,7H2,1-6H3,(H,39,40). The molecule has 0 bridgehead atoms. The second-order valence-electron chi connectivity index (χ2n) is 10.3. The molecule has 0 aromatic heterocycles. The van der Waals surface area contributed by atoms with Gasteiger partial charge in [-0.15, -0.1) is 0 Å². The number of nitriles is 1. The first-order chi connectivity index (χ1) is 19.5. The van der Waals surface area contributed by atoms with E-state index >= 15 is 0 Å². The van der Waals surface area contributed by atoms with Gasteiger partial charge in [-0.1, -0.05) is 56.1 Å². The zero-order valence-electron chi connectivity index (χ0n) is 24.0. The van der Waals surface area contributed by atoms with Gasteiger partial charge >= 0.3 is 5.97 Å². The van der Waals surface area contributed by atoms with Gasteiger partial charge in [0.05, 0.1) is 24.8 Å². The summed E-state index contributed by atoms with van der Waals surface area (Å²) < 4.78 is 5.72. The van der Waals surface area contributed by atoms with Crippen LogP contribution in [0.1, 0.15) is 49.1 Å². The molecule has 7 nitrogen and oxygen atoms in total. The number of aliphatic carboxylic acids is 1. The van der Waals surface area contributed by atoms with Gasteiger partial charge in [0, 0.05) is 33.5 Å². The predicted octanol–water partition coefficient (Wildman–Crippen LogP) is 7.76. The lowest BCUT2D eigenvalue weighted by Gasteiger charge is -2.35. The number of rotatable bonds is 9. The number of methoxy groups -OCH3 is 1. The lowest BCUT2D eigenvalue weighted by Crippen LogP contribution is -2.47. The summed E-state index contributed by atoms with van der Waals surface area (Å²) in [6, 6.07) is 17.0. The van der Waals surface area contributed by atoms with Crippen LogP contribution in [-0.2, 0) is 4.79 Å². The number of nitrogens with one attached hydrogen (secondary N) is 1. The second kappa shape index (κ2) is 12.4. The third-order valence-corrected chi connectivity index (χ3v) is 7.84. The Morgan fingerprint density at radius 2 is 1.76 bits per heavy atom. The molecule has 1 aliphatic rings. The van der Waals surface area contributed by atoms with Crippen LogP contribution in [0.2, 0.25) is 10.0 Å². The lowest BCUT2D eigenvalue weighted by atomic mass is 9.87. The summed E-state index contributed by atoms with van der Waals surface area (Å²) >= 11 is 12.8. The molecule has 0 saturated carbocycles. The van der Waals surface area contributed by atoms with Crippen molar-refractivity contribution in [1.29, 1.82) is 5.26 Å². The molecule has 4 rings (SSSR count). The molecule has 0 spiro atoms. The number of carboxylic acids is 1. The van der Waals surface area contributed by atoms with Crippen molar-refractivity contribution < 1.29 is 14.6 Å². The molecular weight excluding hydrogens is 559 g/mol. The maximum atomic E-state index is 13.2. The van der Waals surface area contributed by atoms with Gasteiger partial charge in [0.25, 0.3) is 0 Å². The van der Waals surface area contributed by atoms with Crippen LogP contribution in [0.4, 0.5) is 11.4 Å². The van der Waals surface area contributed by atoms with Gasteiger partial charge in [-0.3, -0.25) is 9.80 Å². The largest absolute Gasteiger partial charge is 0.495 e. The highest BCUT2D eigenvalue weighted by atomic mass is 35.5. The Morgan fingerprint density at radius 1 is 1.07 bits per heavy atom. The average Bonchev–Trinajstić information content (AvgIpc) is 3.29. The fourth-order valence-corrected chi connectivity index (χ4v) is 5.93. The summed E-state index contributed by atoms with van der Waals surface area (Å²) in [5, 5.41) is 29.1. The van der Waals surface area contributed by atoms with Gasteiger partial charge in [0.1, 0.15) is 11.4 Å². The number of allylic oxidation sites excluding steroid dienone is 1. The highest BCUT2D eigenvalue weighted by Gasteiger charge is 2.48. The average molecular weight is 594 g/mol. The van der Waals surface area contributed by atoms with Gasteiger partial charge in [-0.2, -0.15) is 10.3 Å². The van der Waals surface area contributed by atoms with E-state index in [0.29, 0.717) is 39.2 Å². The minimum Gasteiger partial charge on any atom is -0.495 e. The molecule has 3 aromatic carbocycles. The maximum absolute atomic E-state index is 13.2. The molecule has 0 aliphatic carbocycles. The van der Waals surface area contributed by atoms with Crippen molar-refractivity contribution in [3.63, 3.8) is 0 Å². The van der Waals surface area contributed by atoms with Crippen molar-refractivity contribution in [1.82, 2.24) is 5.01 Å². The van der Waals surface area contributed by atoms with Crippen LogP contribution in [0.15, 0.2) is 65.9 Å². The number of hydrazine groups is 1. The molecule has 41 heavy (non-hydrogen) atoms. The van der Waals surface area contributed by atoms with Gasteiger partial charge < -0.3 is 15.2 Å². The van der Waals surface area contributed by atoms with Crippen LogP contribution >= 0.6 is 23.2 Å². The Hall–Kier alpha value is -3.70. The number of nitrogens with zero attached hydrogens (tertiary/aromatic N) is 3. The quantitative estimate of drug-likeness (QED) is 0.262. The molecule has 1 heterocycles. The molecule has 0 saturated heterocycles. The number of hydrogen-bond acceptors (Lipinski definition) is 6. The molecule has 0 fully saturated rings. The zero-order valence-corrected chi connectivity index (χ0v) is 25.5. The highest BCUT2D eigenvalue weighted by molar-refractivity contribution is 6.31. The first-order valence-electron chi connectivity index (χ1n) is 13.4. The van der Waals surface area contributed by atoms with Crippen molar-refractivity contribution in [3.05, 3.63) is 98.2 Å². The molecule has 1 aliphatic heterocycles. The molecule has 2 unspecified atom stereocenters. The number of carbonyl (C=O) groups is 1. The van der Waals surface area contributed by atoms with Crippen molar-refractivity contribution in [2.24, 2.45) is 5.92 Å². The number of ether oxygens (including phenoxy) is 1. The Morgan fingerprint density at radius 3 is 2.34 bits per heavy atom. The smallest absolute Gasteiger partial charge is 0.327 e. The number of benzene rings is 3. The minimum absolute atomic E-state index is 0.101. The molecule has 2 atom stereocenters. The van der Waals surface area contributed by atoms with E-state index in [1.54, 1.807) is 25.3 Å². The van der Waals surface area contributed by atoms with E-state index < -0.39 is 18.1 Å². The van der Waals surface area contributed by atoms with E-state index in [2.05, 4.69) is 11.4 Å². The molecule has 0 amide bonds. The normalized spacial score (nSPS) is 16.2. The summed E-state index contributed by atoms with van der Waals surface area (Å²) in [4.78, 5) is 13.2. The molecule has 0 radical (unpaired) electrons. The highest BCUT2D eigenvalue weighted by Crippen LogP contribution is 2.47. The van der Waals surface area contributed by atoms with Crippen LogP contribution in [-0.4, -0.2) is 35.8 Å². The fourth-order valence-electron chi connectivity index (χ4n) is 5.53. The monoisotopic (exact) mass is 592 g/mol. The van der Waals surface area contributed by atoms with E-state index in [-0.39, 0.29) is 5.92 Å². The van der Waals surface area contributed by atoms with Crippen molar-refractivity contribution in [2.75, 3.05) is 24.0 Å². The Bertz CT molecular complexity index is 1550. The van der Waals surface area contributed by atoms with Crippen LogP contribution < -0.4 is 15.1 Å². The Kier molecular flexibility index (Phi) is 9.18. The number of aryl methyl sites for hydroxylation is 2. The number of likely N-dealkylation sites (N-methyl/N-ethyl adjacent to an activating group) is 1. The second-order valence-corrected chi connectivity index (χ2v) is 11.2. The van der Waals surface area contributed by atoms with E-state index in [1.165, 1.54) is 0 Å². The summed E-state index contributed by atoms with van der Waals surface area (Å²) in [5.74, 6) is -0.556. The SMILES string of the molecule is CCN1C(C(=O)O)C(C(Nc2cc(Cl)ccc2C)c2ccc(Cl)cc2C)=C(C(C)C)N1c1cc(C#N)ccc1OC. The molecular formula is C32H34Cl2N4O3. The van der Waals surface area contributed by atoms with Gasteiger partial charge in [-0.25, -0.2) is 0 Å². The molecule has 9 heteroatoms. The van der Waals surface area contributed by atoms with Gasteiger partial charge in [0.15, 0.2) is 6.04 Å². The third kappa shape index (κ3) is 5.87. The fraction of sp³-hybridized carbons (Fsp3) is 0.312. The predicted molar refractivity (Wildman–Crippen MR) is 165 cm³/mol. The van der Waals surface area contributed by atoms with Crippen molar-refractivity contribution in [2.45, 2.75) is 46.7 Å². The minimum atomic E-state index is -1.01. The first kappa shape index (κ1) is 30.3. The van der Waals surface area contributed by atoms with Crippen LogP contribution in [0.25, 0.3) is 0 Å². The van der Waals surface area contributed by atoms with Crippen molar-refractivity contribution in [3.8, 4) is 11.8 Å². The molecule has 2 N–H and O–H groups in total. The summed E-state index contributed by atoms with van der Waals surface area (Å²) in [6.07, 6.45) is 0. The van der Waals surface area contributed by atoms with E-state index in [9.17, 15) is 15.2 Å². The number of hydrogen-bond donors (Lipinski definition) is 2. The maximum Gasteiger partial charge on any atom is 0.327 e. The summed E-state index contributed by atoms with van der Waals surface area (Å²) in [5.41, 5.74) is 6.10. The van der Waals surface area contributed by atoms with Gasteiger partial charge in [0.2, 0.25) is 0 Å². The number of halogens is 2. The van der Waals surface area contributed by atoms with Gasteiger partial charge in [-0.05, 0) is 78.9 Å². The summed E-state index contributed by atoms with van der Waals surface area (Å²) in [7, 11) is 1.56. The Labute approximate surface area is 251 Å². The summed E-state index contributed by atoms with van der Waals surface area (Å²) in [6.45, 7) is 10.3. The van der Waals surface area contributed by atoms with E-state index in [0.717, 1.165) is 28.1 Å². The Balaban J connectivity index is 2.09. The first-order valence-corrected chi connectivity index (χ1v) is 14.2. The lowest BCUT2D eigenvalue weighted by molar-refractivity contribution is -0.141.